The van der Waals surface area contributed by atoms with Crippen LogP contribution in [0.2, 0.25) is 0 Å². The van der Waals surface area contributed by atoms with Crippen LogP contribution in [0.25, 0.3) is 0 Å². The van der Waals surface area contributed by atoms with E-state index < -0.39 is 0 Å². The number of aliphatic hydroxyl groups is 1. The van der Waals surface area contributed by atoms with Gasteiger partial charge in [-0.2, -0.15) is 0 Å². The van der Waals surface area contributed by atoms with E-state index in [4.69, 9.17) is 5.11 Å². The Balaban J connectivity index is -0.0000000200. The van der Waals surface area contributed by atoms with E-state index in [9.17, 15) is 0 Å². The molecule has 5 heavy (non-hydrogen) atoms. The standard InChI is InChI=1S/C2H6O.BH4.Li/c1-2-3;;/h3H,2H2,1H3;1H4;/q;-1;+1. The molecule has 3 heteroatoms. The second-order valence-electron chi connectivity index (χ2n) is 0.316. The number of hydrogen-bond donors (Lipinski definition) is 1. The molecule has 0 amide bonds. The van der Waals surface area contributed by atoms with Gasteiger partial charge in [-0.25, -0.2) is 0 Å². The molecule has 0 heterocycles. The average molecular weight is 67.9 g/mol. The van der Waals surface area contributed by atoms with Crippen molar-refractivity contribution in [2.45, 2.75) is 6.92 Å². The third-order valence-corrected chi connectivity index (χ3v) is 0. The maximum atomic E-state index is 7.57. The predicted octanol–water partition coefficient (Wildman–Crippen LogP) is -4.45. The van der Waals surface area contributed by atoms with Crippen molar-refractivity contribution in [2.75, 3.05) is 6.61 Å². The first-order valence-electron chi connectivity index (χ1n) is 1.02. The van der Waals surface area contributed by atoms with E-state index in [1.807, 2.05) is 0 Å². The van der Waals surface area contributed by atoms with Crippen molar-refractivity contribution in [3.8, 4) is 0 Å². The van der Waals surface area contributed by atoms with Gasteiger partial charge in [-0.1, -0.05) is 8.41 Å². The first kappa shape index (κ1) is 17.5. The number of hydrogen-bond acceptors (Lipinski definition) is 1. The molecule has 0 saturated heterocycles. The van der Waals surface area contributed by atoms with E-state index >= 15 is 0 Å². The fourth-order valence-electron chi connectivity index (χ4n) is 0. The van der Waals surface area contributed by atoms with Gasteiger partial charge in [-0.05, 0) is 6.92 Å². The van der Waals surface area contributed by atoms with Gasteiger partial charge in [0.2, 0.25) is 0 Å². The molecular weight excluding hydrogens is 57.8 g/mol. The summed E-state index contributed by atoms with van der Waals surface area (Å²) in [5.74, 6) is 0. The van der Waals surface area contributed by atoms with Crippen molar-refractivity contribution in [3.05, 3.63) is 0 Å². The summed E-state index contributed by atoms with van der Waals surface area (Å²) in [6, 6.07) is 0. The second kappa shape index (κ2) is 23.0. The normalized spacial score (nSPS) is 3.60. The molecule has 0 aliphatic heterocycles. The maximum absolute atomic E-state index is 7.57. The van der Waals surface area contributed by atoms with Crippen LogP contribution in [0.5, 0.6) is 0 Å². The molecule has 1 nitrogen and oxygen atoms in total. The van der Waals surface area contributed by atoms with Crippen LogP contribution >= 0.6 is 0 Å². The van der Waals surface area contributed by atoms with Gasteiger partial charge in [-0.3, -0.25) is 0 Å². The molecule has 0 unspecified atom stereocenters. The molecule has 0 aromatic rings. The number of aliphatic hydroxyl groups excluding tert-OH is 1. The third-order valence-electron chi connectivity index (χ3n) is 0. The van der Waals surface area contributed by atoms with Gasteiger partial charge in [0.25, 0.3) is 0 Å². The molecular formula is C2H10BLiO. The molecule has 0 aliphatic rings. The first-order chi connectivity index (χ1) is 1.41. The van der Waals surface area contributed by atoms with Gasteiger partial charge in [0.1, 0.15) is 0 Å². The van der Waals surface area contributed by atoms with Crippen LogP contribution < -0.4 is 18.9 Å². The summed E-state index contributed by atoms with van der Waals surface area (Å²) in [7, 11) is 0. The summed E-state index contributed by atoms with van der Waals surface area (Å²) in [4.78, 5) is 0. The van der Waals surface area contributed by atoms with E-state index in [1.165, 1.54) is 0 Å². The molecule has 0 atom stereocenters. The van der Waals surface area contributed by atoms with Crippen molar-refractivity contribution < 1.29 is 24.0 Å². The molecule has 0 rings (SSSR count). The van der Waals surface area contributed by atoms with Crippen LogP contribution in [0.3, 0.4) is 0 Å². The van der Waals surface area contributed by atoms with Crippen LogP contribution in [0.4, 0.5) is 0 Å². The van der Waals surface area contributed by atoms with E-state index in [0.29, 0.717) is 0 Å². The SMILES string of the molecule is CCO.[BH4-].[Li+]. The molecule has 0 saturated carbocycles. The molecule has 0 spiro atoms. The summed E-state index contributed by atoms with van der Waals surface area (Å²) < 4.78 is 0. The molecule has 0 radical (unpaired) electrons. The molecule has 0 aromatic heterocycles. The van der Waals surface area contributed by atoms with Crippen LogP contribution in [0.1, 0.15) is 6.92 Å². The summed E-state index contributed by atoms with van der Waals surface area (Å²) >= 11 is 0. The molecule has 0 aromatic carbocycles. The van der Waals surface area contributed by atoms with Gasteiger partial charge in [0.15, 0.2) is 0 Å². The van der Waals surface area contributed by atoms with Crippen molar-refractivity contribution in [2.24, 2.45) is 0 Å². The molecule has 0 fully saturated rings. The largest absolute Gasteiger partial charge is 1.00 e. The van der Waals surface area contributed by atoms with Crippen molar-refractivity contribution in [3.63, 3.8) is 0 Å². The Kier molecular flexibility index (Phi) is 80.5. The van der Waals surface area contributed by atoms with Gasteiger partial charge < -0.3 is 5.11 Å². The quantitative estimate of drug-likeness (QED) is 0.284. The average Bonchev–Trinajstić information content (AvgIpc) is 0.918. The zero-order chi connectivity index (χ0) is 2.71. The second-order valence-corrected chi connectivity index (χ2v) is 0.316. The fourth-order valence-corrected chi connectivity index (χ4v) is 0. The minimum absolute atomic E-state index is 0. The summed E-state index contributed by atoms with van der Waals surface area (Å²) in [5, 5.41) is 7.57. The maximum Gasteiger partial charge on any atom is 1.00 e. The minimum Gasteiger partial charge on any atom is -0.397 e. The van der Waals surface area contributed by atoms with Gasteiger partial charge in [-0.15, -0.1) is 0 Å². The van der Waals surface area contributed by atoms with E-state index in [0.717, 1.165) is 0 Å². The van der Waals surface area contributed by atoms with E-state index in [2.05, 4.69) is 0 Å². The third kappa shape index (κ3) is 82.1. The van der Waals surface area contributed by atoms with Gasteiger partial charge in [0, 0.05) is 6.61 Å². The zero-order valence-electron chi connectivity index (χ0n) is 3.15. The molecule has 0 bridgehead atoms. The van der Waals surface area contributed by atoms with Crippen molar-refractivity contribution in [1.29, 1.82) is 0 Å². The molecule has 28 valence electrons. The van der Waals surface area contributed by atoms with Crippen molar-refractivity contribution >= 4 is 8.41 Å². The fraction of sp³-hybridized carbons (Fsp3) is 1.00. The van der Waals surface area contributed by atoms with Gasteiger partial charge in [0.05, 0.1) is 0 Å². The Labute approximate surface area is 46.5 Å². The van der Waals surface area contributed by atoms with Crippen LogP contribution in [-0.2, 0) is 0 Å². The van der Waals surface area contributed by atoms with Gasteiger partial charge >= 0.3 is 18.9 Å². The summed E-state index contributed by atoms with van der Waals surface area (Å²) in [6.45, 7) is 1.93. The minimum atomic E-state index is 0. The van der Waals surface area contributed by atoms with Crippen LogP contribution in [0, 0.1) is 0 Å². The Morgan fingerprint density at radius 2 is 1.60 bits per heavy atom. The first-order valence-corrected chi connectivity index (χ1v) is 1.02. The molecule has 0 aliphatic carbocycles. The Hall–Kier alpha value is 0.622. The Bertz CT molecular complexity index is 9.61. The molecule has 1 N–H and O–H groups in total. The summed E-state index contributed by atoms with van der Waals surface area (Å²) in [6.07, 6.45) is 0. The number of rotatable bonds is 0. The summed E-state index contributed by atoms with van der Waals surface area (Å²) in [5.41, 5.74) is 0. The van der Waals surface area contributed by atoms with E-state index in [1.54, 1.807) is 6.92 Å². The topological polar surface area (TPSA) is 20.2 Å². The smallest absolute Gasteiger partial charge is 0.397 e. The Morgan fingerprint density at radius 1 is 1.60 bits per heavy atom. The predicted molar refractivity (Wildman–Crippen MR) is 24.1 cm³/mol. The zero-order valence-corrected chi connectivity index (χ0v) is 3.15. The van der Waals surface area contributed by atoms with Crippen LogP contribution in [0.15, 0.2) is 0 Å². The van der Waals surface area contributed by atoms with E-state index in [-0.39, 0.29) is 33.9 Å². The Morgan fingerprint density at radius 3 is 1.60 bits per heavy atom. The van der Waals surface area contributed by atoms with Crippen LogP contribution in [-0.4, -0.2) is 20.1 Å². The monoisotopic (exact) mass is 68.1 g/mol. The van der Waals surface area contributed by atoms with Crippen molar-refractivity contribution in [1.82, 2.24) is 0 Å².